The summed E-state index contributed by atoms with van der Waals surface area (Å²) in [6.07, 6.45) is 0. The lowest BCUT2D eigenvalue weighted by Crippen LogP contribution is -2.06. The van der Waals surface area contributed by atoms with Crippen molar-refractivity contribution < 1.29 is 14.6 Å². The van der Waals surface area contributed by atoms with Gasteiger partial charge in [0.2, 0.25) is 0 Å². The first-order valence-corrected chi connectivity index (χ1v) is 4.92. The zero-order valence-electron chi connectivity index (χ0n) is 7.80. The summed E-state index contributed by atoms with van der Waals surface area (Å²) >= 11 is 2.00. The van der Waals surface area contributed by atoms with Crippen molar-refractivity contribution >= 4 is 34.2 Å². The van der Waals surface area contributed by atoms with Crippen LogP contribution in [-0.2, 0) is 0 Å². The van der Waals surface area contributed by atoms with Crippen molar-refractivity contribution in [3.05, 3.63) is 20.8 Å². The molecule has 0 radical (unpaired) electrons. The molecule has 0 fully saturated rings. The summed E-state index contributed by atoms with van der Waals surface area (Å²) in [4.78, 5) is 10.9. The van der Waals surface area contributed by atoms with E-state index in [9.17, 15) is 4.79 Å². The second-order valence-electron chi connectivity index (χ2n) is 2.78. The summed E-state index contributed by atoms with van der Waals surface area (Å²) in [7, 11) is 1.43. The van der Waals surface area contributed by atoms with Crippen molar-refractivity contribution in [3.63, 3.8) is 0 Å². The average molecular weight is 307 g/mol. The molecule has 4 nitrogen and oxygen atoms in total. The van der Waals surface area contributed by atoms with Crippen LogP contribution in [0.4, 0.5) is 5.69 Å². The Morgan fingerprint density at radius 1 is 1.64 bits per heavy atom. The highest BCUT2D eigenvalue weighted by atomic mass is 127. The van der Waals surface area contributed by atoms with Crippen molar-refractivity contribution in [2.24, 2.45) is 0 Å². The third kappa shape index (κ3) is 1.77. The van der Waals surface area contributed by atoms with E-state index in [2.05, 4.69) is 0 Å². The van der Waals surface area contributed by atoms with E-state index in [4.69, 9.17) is 15.6 Å². The number of rotatable bonds is 2. The standard InChI is InChI=1S/C9H10INO3/c1-4-7(11)6(10)3-5(9(12)13)8(4)14-2/h3H,11H2,1-2H3,(H,12,13). The first-order valence-electron chi connectivity index (χ1n) is 3.85. The molecule has 0 unspecified atom stereocenters. The van der Waals surface area contributed by atoms with E-state index in [-0.39, 0.29) is 5.56 Å². The largest absolute Gasteiger partial charge is 0.495 e. The van der Waals surface area contributed by atoms with Crippen LogP contribution in [0.25, 0.3) is 0 Å². The first-order chi connectivity index (χ1) is 6.49. The van der Waals surface area contributed by atoms with Crippen molar-refractivity contribution in [3.8, 4) is 5.75 Å². The van der Waals surface area contributed by atoms with Crippen molar-refractivity contribution in [1.29, 1.82) is 0 Å². The molecule has 0 atom stereocenters. The molecule has 1 aromatic carbocycles. The lowest BCUT2D eigenvalue weighted by Gasteiger charge is -2.12. The van der Waals surface area contributed by atoms with E-state index >= 15 is 0 Å². The zero-order chi connectivity index (χ0) is 10.9. The van der Waals surface area contributed by atoms with Crippen molar-refractivity contribution in [1.82, 2.24) is 0 Å². The summed E-state index contributed by atoms with van der Waals surface area (Å²) in [6, 6.07) is 1.50. The van der Waals surface area contributed by atoms with Crippen LogP contribution in [0, 0.1) is 10.5 Å². The number of aromatic carboxylic acids is 1. The fraction of sp³-hybridized carbons (Fsp3) is 0.222. The molecule has 14 heavy (non-hydrogen) atoms. The topological polar surface area (TPSA) is 72.5 Å². The van der Waals surface area contributed by atoms with Crippen LogP contribution in [0.3, 0.4) is 0 Å². The molecule has 0 aromatic heterocycles. The van der Waals surface area contributed by atoms with E-state index in [1.54, 1.807) is 6.92 Å². The van der Waals surface area contributed by atoms with Crippen molar-refractivity contribution in [2.75, 3.05) is 12.8 Å². The monoisotopic (exact) mass is 307 g/mol. The van der Waals surface area contributed by atoms with Crippen LogP contribution < -0.4 is 10.5 Å². The second kappa shape index (κ2) is 4.04. The summed E-state index contributed by atoms with van der Waals surface area (Å²) in [6.45, 7) is 1.74. The average Bonchev–Trinajstić information content (AvgIpc) is 2.13. The molecule has 0 aliphatic heterocycles. The minimum absolute atomic E-state index is 0.142. The summed E-state index contributed by atoms with van der Waals surface area (Å²) < 4.78 is 5.73. The third-order valence-electron chi connectivity index (χ3n) is 1.95. The Bertz CT molecular complexity index is 390. The highest BCUT2D eigenvalue weighted by Gasteiger charge is 2.17. The minimum atomic E-state index is -1.01. The highest BCUT2D eigenvalue weighted by Crippen LogP contribution is 2.32. The van der Waals surface area contributed by atoms with Gasteiger partial charge in [-0.05, 0) is 35.6 Å². The van der Waals surface area contributed by atoms with E-state index in [1.165, 1.54) is 13.2 Å². The number of methoxy groups -OCH3 is 1. The molecule has 3 N–H and O–H groups in total. The predicted octanol–water partition coefficient (Wildman–Crippen LogP) is 1.89. The lowest BCUT2D eigenvalue weighted by atomic mass is 10.1. The smallest absolute Gasteiger partial charge is 0.339 e. The Kier molecular flexibility index (Phi) is 3.20. The Morgan fingerprint density at radius 3 is 2.64 bits per heavy atom. The SMILES string of the molecule is COc1c(C(=O)O)cc(I)c(N)c1C. The minimum Gasteiger partial charge on any atom is -0.495 e. The quantitative estimate of drug-likeness (QED) is 0.646. The molecule has 76 valence electrons. The molecular formula is C9H10INO3. The highest BCUT2D eigenvalue weighted by molar-refractivity contribution is 14.1. The summed E-state index contributed by atoms with van der Waals surface area (Å²) in [5, 5.41) is 8.91. The Hall–Kier alpha value is -0.980. The van der Waals surface area contributed by atoms with Gasteiger partial charge in [-0.3, -0.25) is 0 Å². The summed E-state index contributed by atoms with van der Waals surface area (Å²) in [5.74, 6) is -0.682. The number of carboxylic acid groups (broad SMARTS) is 1. The van der Waals surface area contributed by atoms with Gasteiger partial charge < -0.3 is 15.6 Å². The first kappa shape index (κ1) is 11.1. The molecule has 0 amide bonds. The number of ether oxygens (including phenoxy) is 1. The Balaban J connectivity index is 3.51. The number of halogens is 1. The fourth-order valence-electron chi connectivity index (χ4n) is 1.20. The Labute approximate surface area is 95.2 Å². The van der Waals surface area contributed by atoms with Crippen LogP contribution in [0.1, 0.15) is 15.9 Å². The molecule has 5 heteroatoms. The molecular weight excluding hydrogens is 297 g/mol. The van der Waals surface area contributed by atoms with Crippen LogP contribution in [-0.4, -0.2) is 18.2 Å². The number of anilines is 1. The number of carbonyl (C=O) groups is 1. The maximum atomic E-state index is 10.9. The van der Waals surface area contributed by atoms with Gasteiger partial charge in [-0.25, -0.2) is 4.79 Å². The van der Waals surface area contributed by atoms with Gasteiger partial charge in [-0.1, -0.05) is 0 Å². The molecule has 0 saturated carbocycles. The van der Waals surface area contributed by atoms with E-state index in [0.29, 0.717) is 17.0 Å². The van der Waals surface area contributed by atoms with Crippen LogP contribution in [0.5, 0.6) is 5.75 Å². The van der Waals surface area contributed by atoms with Crippen molar-refractivity contribution in [2.45, 2.75) is 6.92 Å². The predicted molar refractivity (Wildman–Crippen MR) is 61.8 cm³/mol. The molecule has 0 spiro atoms. The lowest BCUT2D eigenvalue weighted by molar-refractivity contribution is 0.0693. The van der Waals surface area contributed by atoms with Gasteiger partial charge in [0, 0.05) is 9.13 Å². The molecule has 0 heterocycles. The second-order valence-corrected chi connectivity index (χ2v) is 3.95. The maximum absolute atomic E-state index is 10.9. The van der Waals surface area contributed by atoms with E-state index < -0.39 is 5.97 Å². The van der Waals surface area contributed by atoms with Gasteiger partial charge in [0.25, 0.3) is 0 Å². The normalized spacial score (nSPS) is 9.93. The fourth-order valence-corrected chi connectivity index (χ4v) is 1.91. The van der Waals surface area contributed by atoms with Crippen LogP contribution in [0.2, 0.25) is 0 Å². The molecule has 0 aliphatic rings. The maximum Gasteiger partial charge on any atom is 0.339 e. The molecule has 1 aromatic rings. The number of nitrogen functional groups attached to an aromatic ring is 1. The number of carboxylic acids is 1. The van der Waals surface area contributed by atoms with Gasteiger partial charge in [-0.2, -0.15) is 0 Å². The van der Waals surface area contributed by atoms with Gasteiger partial charge in [0.1, 0.15) is 11.3 Å². The number of nitrogens with two attached hydrogens (primary N) is 1. The van der Waals surface area contributed by atoms with Gasteiger partial charge in [0.05, 0.1) is 12.8 Å². The van der Waals surface area contributed by atoms with Crippen LogP contribution >= 0.6 is 22.6 Å². The van der Waals surface area contributed by atoms with Gasteiger partial charge in [0.15, 0.2) is 0 Å². The number of benzene rings is 1. The molecule has 0 saturated heterocycles. The third-order valence-corrected chi connectivity index (χ3v) is 2.84. The Morgan fingerprint density at radius 2 is 2.21 bits per heavy atom. The number of hydrogen-bond donors (Lipinski definition) is 2. The number of hydrogen-bond acceptors (Lipinski definition) is 3. The van der Waals surface area contributed by atoms with Gasteiger partial charge >= 0.3 is 5.97 Å². The molecule has 1 rings (SSSR count). The van der Waals surface area contributed by atoms with Gasteiger partial charge in [-0.15, -0.1) is 0 Å². The van der Waals surface area contributed by atoms with Crippen LogP contribution in [0.15, 0.2) is 6.07 Å². The summed E-state index contributed by atoms with van der Waals surface area (Å²) in [5.41, 5.74) is 7.12. The van der Waals surface area contributed by atoms with E-state index in [1.807, 2.05) is 22.6 Å². The molecule has 0 aliphatic carbocycles. The van der Waals surface area contributed by atoms with E-state index in [0.717, 1.165) is 3.57 Å². The zero-order valence-corrected chi connectivity index (χ0v) is 9.95. The molecule has 0 bridgehead atoms.